The van der Waals surface area contributed by atoms with Gasteiger partial charge in [-0.15, -0.1) is 0 Å². The van der Waals surface area contributed by atoms with Gasteiger partial charge < -0.3 is 21.9 Å². The molecule has 0 aliphatic carbocycles. The summed E-state index contributed by atoms with van der Waals surface area (Å²) >= 11 is 0. The number of hydrogen-bond donors (Lipinski definition) is 0. The van der Waals surface area contributed by atoms with Gasteiger partial charge in [-0.3, -0.25) is 0 Å². The third-order valence-corrected chi connectivity index (χ3v) is 6.18. The molecule has 0 saturated carbocycles. The van der Waals surface area contributed by atoms with Gasteiger partial charge in [0, 0.05) is 19.6 Å². The second kappa shape index (κ2) is 20.2. The van der Waals surface area contributed by atoms with Gasteiger partial charge in [-0.05, 0) is 37.0 Å². The lowest BCUT2D eigenvalue weighted by Gasteiger charge is -2.33. The van der Waals surface area contributed by atoms with Crippen molar-refractivity contribution in [1.82, 2.24) is 4.90 Å². The molecule has 0 saturated heterocycles. The van der Waals surface area contributed by atoms with Gasteiger partial charge >= 0.3 is 1.43 Å². The van der Waals surface area contributed by atoms with E-state index in [0.29, 0.717) is 0 Å². The zero-order valence-corrected chi connectivity index (χ0v) is 20.7. The van der Waals surface area contributed by atoms with E-state index in [1.165, 1.54) is 96.7 Å². The first-order valence-corrected chi connectivity index (χ1v) is 11.9. The Kier molecular flexibility index (Phi) is 22.2. The molecule has 0 fully saturated rings. The maximum absolute atomic E-state index is 2.89. The average Bonchev–Trinajstić information content (AvgIpc) is 2.64. The van der Waals surface area contributed by atoms with E-state index in [2.05, 4.69) is 46.4 Å². The Balaban J connectivity index is -0.00000288. The number of unbranched alkanes of at least 4 members (excludes halogenated alkanes) is 3. The topological polar surface area (TPSA) is 3.24 Å². The third-order valence-electron chi connectivity index (χ3n) is 6.18. The highest BCUT2D eigenvalue weighted by Crippen LogP contribution is 2.22. The van der Waals surface area contributed by atoms with Crippen LogP contribution in [-0.4, -0.2) is 24.5 Å². The molecule has 3 unspecified atom stereocenters. The molecular weight excluding hydrogens is 382 g/mol. The maximum Gasteiger partial charge on any atom is 1.00 e. The van der Waals surface area contributed by atoms with Crippen LogP contribution in [0.2, 0.25) is 0 Å². The van der Waals surface area contributed by atoms with Crippen molar-refractivity contribution in [2.45, 2.75) is 119 Å². The van der Waals surface area contributed by atoms with Crippen LogP contribution in [-0.2, 0) is 0 Å². The van der Waals surface area contributed by atoms with Crippen LogP contribution in [0.1, 0.15) is 120 Å². The van der Waals surface area contributed by atoms with E-state index >= 15 is 0 Å². The molecule has 0 radical (unpaired) electrons. The van der Waals surface area contributed by atoms with Crippen LogP contribution in [0.15, 0.2) is 0 Å². The molecule has 0 N–H and O–H groups in total. The minimum atomic E-state index is 0. The van der Waals surface area contributed by atoms with Crippen LogP contribution in [0, 0.1) is 17.8 Å². The van der Waals surface area contributed by atoms with Crippen molar-refractivity contribution in [3.05, 3.63) is 0 Å². The Morgan fingerprint density at radius 2 is 0.808 bits per heavy atom. The molecule has 0 amide bonds. The van der Waals surface area contributed by atoms with Gasteiger partial charge in [0.1, 0.15) is 0 Å². The van der Waals surface area contributed by atoms with E-state index in [9.17, 15) is 0 Å². The lowest BCUT2D eigenvalue weighted by atomic mass is 9.93. The predicted octanol–water partition coefficient (Wildman–Crippen LogP) is 5.05. The Morgan fingerprint density at radius 1 is 0.538 bits per heavy atom. The van der Waals surface area contributed by atoms with Gasteiger partial charge in [-0.2, -0.15) is 0 Å². The second-order valence-electron chi connectivity index (χ2n) is 8.47. The van der Waals surface area contributed by atoms with E-state index < -0.39 is 0 Å². The first-order valence-electron chi connectivity index (χ1n) is 11.9. The van der Waals surface area contributed by atoms with E-state index in [0.717, 1.165) is 17.8 Å². The molecule has 0 spiro atoms. The molecule has 3 atom stereocenters. The highest BCUT2D eigenvalue weighted by atomic mass is 79.9. The molecule has 26 heavy (non-hydrogen) atoms. The van der Waals surface area contributed by atoms with Crippen molar-refractivity contribution in [2.24, 2.45) is 17.8 Å². The summed E-state index contributed by atoms with van der Waals surface area (Å²) in [7, 11) is 0. The van der Waals surface area contributed by atoms with Gasteiger partial charge in [-0.25, -0.2) is 0 Å². The van der Waals surface area contributed by atoms with Crippen LogP contribution in [0.5, 0.6) is 0 Å². The van der Waals surface area contributed by atoms with Crippen molar-refractivity contribution in [2.75, 3.05) is 19.6 Å². The molecule has 2 heteroatoms. The Labute approximate surface area is 179 Å². The molecule has 0 aromatic rings. The molecule has 1 nitrogen and oxygen atoms in total. The Bertz CT molecular complexity index is 232. The minimum Gasteiger partial charge on any atom is -1.00 e. The summed E-state index contributed by atoms with van der Waals surface area (Å²) in [6, 6.07) is 0. The van der Waals surface area contributed by atoms with E-state index in [1.54, 1.807) is 0 Å². The number of rotatable bonds is 18. The van der Waals surface area contributed by atoms with Crippen molar-refractivity contribution >= 4 is 0 Å². The number of halogens is 1. The lowest BCUT2D eigenvalue weighted by Crippen LogP contribution is -3.00. The van der Waals surface area contributed by atoms with E-state index in [-0.39, 0.29) is 18.4 Å². The number of nitrogens with zero attached hydrogens (tertiary/aromatic N) is 1. The first kappa shape index (κ1) is 28.6. The summed E-state index contributed by atoms with van der Waals surface area (Å²) in [6.07, 6.45) is 16.6. The maximum atomic E-state index is 2.89. The molecule has 0 heterocycles. The van der Waals surface area contributed by atoms with Crippen LogP contribution in [0.3, 0.4) is 0 Å². The van der Waals surface area contributed by atoms with Crippen LogP contribution in [0.4, 0.5) is 0 Å². The van der Waals surface area contributed by atoms with Gasteiger partial charge in [0.25, 0.3) is 0 Å². The summed E-state index contributed by atoms with van der Waals surface area (Å²) in [6.45, 7) is 18.3. The highest BCUT2D eigenvalue weighted by molar-refractivity contribution is 4.73. The molecule has 0 aliphatic rings. The van der Waals surface area contributed by atoms with Gasteiger partial charge in [-0.1, -0.05) is 99.3 Å². The van der Waals surface area contributed by atoms with Crippen molar-refractivity contribution < 1.29 is 18.4 Å². The Morgan fingerprint density at radius 3 is 1.00 bits per heavy atom. The second-order valence-corrected chi connectivity index (χ2v) is 8.47. The largest absolute Gasteiger partial charge is 1.00 e. The molecule has 160 valence electrons. The SMILES string of the molecule is CCCCC(CC)CN(CC(CC)CCCC)CC(CC)CCCC.[Br-].[H+]. The van der Waals surface area contributed by atoms with Gasteiger partial charge in [0.2, 0.25) is 0 Å². The van der Waals surface area contributed by atoms with E-state index in [1.807, 2.05) is 0 Å². The summed E-state index contributed by atoms with van der Waals surface area (Å²) < 4.78 is 0. The first-order chi connectivity index (χ1) is 12.1. The van der Waals surface area contributed by atoms with E-state index in [4.69, 9.17) is 0 Å². The van der Waals surface area contributed by atoms with Gasteiger partial charge in [0.15, 0.2) is 0 Å². The Hall–Kier alpha value is 0.440. The fourth-order valence-electron chi connectivity index (χ4n) is 4.07. The fourth-order valence-corrected chi connectivity index (χ4v) is 4.07. The molecule has 0 bridgehead atoms. The zero-order valence-electron chi connectivity index (χ0n) is 20.2. The standard InChI is InChI=1S/C24H51N.BrH/c1-7-13-16-22(10-4)19-25(20-23(11-5)17-14-8-2)21-24(12-6)18-15-9-3;/h22-24H,7-21H2,1-6H3;1H. The van der Waals surface area contributed by atoms with Crippen LogP contribution < -0.4 is 17.0 Å². The normalized spacial score (nSPS) is 14.9. The highest BCUT2D eigenvalue weighted by Gasteiger charge is 2.19. The minimum absolute atomic E-state index is 0. The van der Waals surface area contributed by atoms with Crippen molar-refractivity contribution in [3.63, 3.8) is 0 Å². The third kappa shape index (κ3) is 14.5. The molecule has 0 aromatic carbocycles. The van der Waals surface area contributed by atoms with Crippen LogP contribution >= 0.6 is 0 Å². The molecular formula is C24H52BrN. The van der Waals surface area contributed by atoms with Crippen molar-refractivity contribution in [3.8, 4) is 0 Å². The predicted molar refractivity (Wildman–Crippen MR) is 117 cm³/mol. The summed E-state index contributed by atoms with van der Waals surface area (Å²) in [5.74, 6) is 2.73. The summed E-state index contributed by atoms with van der Waals surface area (Å²) in [4.78, 5) is 2.89. The molecule has 0 aliphatic heterocycles. The number of hydrogen-bond acceptors (Lipinski definition) is 1. The molecule has 0 rings (SSSR count). The quantitative estimate of drug-likeness (QED) is 0.292. The lowest BCUT2D eigenvalue weighted by molar-refractivity contribution is -0.00000588. The molecule has 0 aromatic heterocycles. The monoisotopic (exact) mass is 433 g/mol. The van der Waals surface area contributed by atoms with Crippen molar-refractivity contribution in [1.29, 1.82) is 0 Å². The smallest absolute Gasteiger partial charge is 1.00 e. The summed E-state index contributed by atoms with van der Waals surface area (Å²) in [5.41, 5.74) is 0. The average molecular weight is 435 g/mol. The van der Waals surface area contributed by atoms with Gasteiger partial charge in [0.05, 0.1) is 0 Å². The zero-order chi connectivity index (χ0) is 18.9. The van der Waals surface area contributed by atoms with Crippen LogP contribution in [0.25, 0.3) is 0 Å². The fraction of sp³-hybridized carbons (Fsp3) is 1.00. The summed E-state index contributed by atoms with van der Waals surface area (Å²) in [5, 5.41) is 0.